The predicted molar refractivity (Wildman–Crippen MR) is 61.9 cm³/mol. The van der Waals surface area contributed by atoms with E-state index in [0.29, 0.717) is 5.92 Å². The van der Waals surface area contributed by atoms with Crippen LogP contribution in [0.25, 0.3) is 0 Å². The number of hydrogen-bond acceptors (Lipinski definition) is 3. The highest BCUT2D eigenvalue weighted by molar-refractivity contribution is 4.83. The molecule has 0 amide bonds. The number of aliphatic hydroxyl groups is 1. The van der Waals surface area contributed by atoms with Crippen molar-refractivity contribution in [2.24, 2.45) is 11.3 Å². The summed E-state index contributed by atoms with van der Waals surface area (Å²) in [6.45, 7) is 10.2. The Morgan fingerprint density at radius 2 is 2.20 bits per heavy atom. The van der Waals surface area contributed by atoms with Crippen molar-refractivity contribution in [1.82, 2.24) is 4.90 Å². The van der Waals surface area contributed by atoms with Crippen molar-refractivity contribution >= 4 is 0 Å². The first-order valence-electron chi connectivity index (χ1n) is 5.85. The third-order valence-corrected chi connectivity index (χ3v) is 3.53. The Labute approximate surface area is 93.4 Å². The second-order valence-electron chi connectivity index (χ2n) is 5.51. The molecule has 3 nitrogen and oxygen atoms in total. The number of methoxy groups -OCH3 is 1. The molecular weight excluding hydrogens is 190 g/mol. The normalized spacial score (nSPS) is 25.8. The van der Waals surface area contributed by atoms with Gasteiger partial charge in [-0.1, -0.05) is 13.8 Å². The Bertz CT molecular complexity index is 192. The second kappa shape index (κ2) is 5.28. The van der Waals surface area contributed by atoms with Crippen LogP contribution >= 0.6 is 0 Å². The average molecular weight is 215 g/mol. The van der Waals surface area contributed by atoms with Crippen LogP contribution in [0.3, 0.4) is 0 Å². The van der Waals surface area contributed by atoms with Crippen LogP contribution in [0.2, 0.25) is 0 Å². The first kappa shape index (κ1) is 12.9. The summed E-state index contributed by atoms with van der Waals surface area (Å²) in [6, 6.07) is 0. The molecule has 0 saturated carbocycles. The number of ether oxygens (including phenoxy) is 1. The van der Waals surface area contributed by atoms with E-state index in [1.54, 1.807) is 7.11 Å². The molecule has 1 rings (SSSR count). The van der Waals surface area contributed by atoms with Crippen LogP contribution in [0.4, 0.5) is 0 Å². The van der Waals surface area contributed by atoms with Crippen LogP contribution in [-0.2, 0) is 4.74 Å². The van der Waals surface area contributed by atoms with Crippen LogP contribution in [0.15, 0.2) is 0 Å². The van der Waals surface area contributed by atoms with Gasteiger partial charge < -0.3 is 14.7 Å². The predicted octanol–water partition coefficient (Wildman–Crippen LogP) is 1.36. The SMILES string of the molecule is COCC1CCN(CC(C)(C)C(C)O)C1. The Hall–Kier alpha value is -0.120. The van der Waals surface area contributed by atoms with Gasteiger partial charge in [0.25, 0.3) is 0 Å². The molecule has 0 aliphatic carbocycles. The summed E-state index contributed by atoms with van der Waals surface area (Å²) in [5.41, 5.74) is -0.0119. The Morgan fingerprint density at radius 1 is 1.53 bits per heavy atom. The fourth-order valence-electron chi connectivity index (χ4n) is 2.14. The molecule has 2 atom stereocenters. The van der Waals surface area contributed by atoms with Gasteiger partial charge in [0.05, 0.1) is 12.7 Å². The molecule has 15 heavy (non-hydrogen) atoms. The van der Waals surface area contributed by atoms with Crippen molar-refractivity contribution < 1.29 is 9.84 Å². The topological polar surface area (TPSA) is 32.7 Å². The maximum Gasteiger partial charge on any atom is 0.0575 e. The lowest BCUT2D eigenvalue weighted by molar-refractivity contribution is 0.0383. The molecule has 0 aromatic carbocycles. The molecule has 90 valence electrons. The van der Waals surface area contributed by atoms with Crippen molar-refractivity contribution in [3.05, 3.63) is 0 Å². The minimum Gasteiger partial charge on any atom is -0.393 e. The van der Waals surface area contributed by atoms with Gasteiger partial charge in [0.2, 0.25) is 0 Å². The van der Waals surface area contributed by atoms with E-state index in [2.05, 4.69) is 18.7 Å². The van der Waals surface area contributed by atoms with Gasteiger partial charge in [-0.3, -0.25) is 0 Å². The fraction of sp³-hybridized carbons (Fsp3) is 1.00. The Balaban J connectivity index is 2.35. The third-order valence-electron chi connectivity index (χ3n) is 3.53. The molecule has 1 aliphatic rings. The van der Waals surface area contributed by atoms with E-state index in [1.807, 2.05) is 6.92 Å². The van der Waals surface area contributed by atoms with E-state index in [-0.39, 0.29) is 11.5 Å². The van der Waals surface area contributed by atoms with E-state index < -0.39 is 0 Å². The first-order chi connectivity index (χ1) is 6.95. The minimum absolute atomic E-state index is 0.0119. The lowest BCUT2D eigenvalue weighted by Gasteiger charge is -2.32. The molecule has 1 saturated heterocycles. The molecule has 1 heterocycles. The van der Waals surface area contributed by atoms with Crippen LogP contribution in [0, 0.1) is 11.3 Å². The molecule has 3 heteroatoms. The van der Waals surface area contributed by atoms with E-state index in [4.69, 9.17) is 4.74 Å². The smallest absolute Gasteiger partial charge is 0.0575 e. The van der Waals surface area contributed by atoms with Crippen LogP contribution in [0.1, 0.15) is 27.2 Å². The summed E-state index contributed by atoms with van der Waals surface area (Å²) in [5, 5.41) is 9.66. The molecule has 0 aromatic rings. The summed E-state index contributed by atoms with van der Waals surface area (Å²) in [6.07, 6.45) is 0.975. The molecule has 0 aromatic heterocycles. The monoisotopic (exact) mass is 215 g/mol. The third kappa shape index (κ3) is 3.74. The van der Waals surface area contributed by atoms with Crippen LogP contribution < -0.4 is 0 Å². The zero-order valence-corrected chi connectivity index (χ0v) is 10.5. The van der Waals surface area contributed by atoms with Gasteiger partial charge in [-0.05, 0) is 25.8 Å². The molecule has 1 aliphatic heterocycles. The molecule has 2 unspecified atom stereocenters. The maximum atomic E-state index is 9.66. The van der Waals surface area contributed by atoms with E-state index in [0.717, 1.165) is 26.2 Å². The average Bonchev–Trinajstić information content (AvgIpc) is 2.52. The molecule has 0 bridgehead atoms. The maximum absolute atomic E-state index is 9.66. The van der Waals surface area contributed by atoms with Gasteiger partial charge in [-0.2, -0.15) is 0 Å². The standard InChI is InChI=1S/C12H25NO2/c1-10(14)12(2,3)9-13-6-5-11(7-13)8-15-4/h10-11,14H,5-9H2,1-4H3. The highest BCUT2D eigenvalue weighted by Crippen LogP contribution is 2.25. The van der Waals surface area contributed by atoms with Crippen LogP contribution in [0.5, 0.6) is 0 Å². The van der Waals surface area contributed by atoms with Crippen molar-refractivity contribution in [2.45, 2.75) is 33.3 Å². The number of likely N-dealkylation sites (tertiary alicyclic amines) is 1. The summed E-state index contributed by atoms with van der Waals surface area (Å²) in [4.78, 5) is 2.44. The molecule has 0 spiro atoms. The summed E-state index contributed by atoms with van der Waals surface area (Å²) in [7, 11) is 1.77. The highest BCUT2D eigenvalue weighted by Gasteiger charge is 2.30. The van der Waals surface area contributed by atoms with Crippen molar-refractivity contribution in [1.29, 1.82) is 0 Å². The molecular formula is C12H25NO2. The molecule has 1 fully saturated rings. The zero-order valence-electron chi connectivity index (χ0n) is 10.5. The first-order valence-corrected chi connectivity index (χ1v) is 5.85. The van der Waals surface area contributed by atoms with Gasteiger partial charge in [-0.15, -0.1) is 0 Å². The van der Waals surface area contributed by atoms with Crippen LogP contribution in [-0.4, -0.2) is 49.5 Å². The summed E-state index contributed by atoms with van der Waals surface area (Å²) in [5.74, 6) is 0.680. The van der Waals surface area contributed by atoms with Crippen molar-refractivity contribution in [3.8, 4) is 0 Å². The summed E-state index contributed by atoms with van der Waals surface area (Å²) >= 11 is 0. The number of hydrogen-bond donors (Lipinski definition) is 1. The van der Waals surface area contributed by atoms with Gasteiger partial charge in [-0.25, -0.2) is 0 Å². The fourth-order valence-corrected chi connectivity index (χ4v) is 2.14. The molecule has 1 N–H and O–H groups in total. The summed E-state index contributed by atoms with van der Waals surface area (Å²) < 4.78 is 5.18. The van der Waals surface area contributed by atoms with E-state index in [1.165, 1.54) is 6.42 Å². The lowest BCUT2D eigenvalue weighted by Crippen LogP contribution is -2.39. The Kier molecular flexibility index (Phi) is 4.56. The zero-order chi connectivity index (χ0) is 11.5. The minimum atomic E-state index is -0.251. The van der Waals surface area contributed by atoms with Gasteiger partial charge in [0.15, 0.2) is 0 Å². The number of aliphatic hydroxyl groups excluding tert-OH is 1. The van der Waals surface area contributed by atoms with Crippen molar-refractivity contribution in [2.75, 3.05) is 33.4 Å². The largest absolute Gasteiger partial charge is 0.393 e. The quantitative estimate of drug-likeness (QED) is 0.751. The van der Waals surface area contributed by atoms with Gasteiger partial charge in [0, 0.05) is 25.6 Å². The van der Waals surface area contributed by atoms with E-state index in [9.17, 15) is 5.11 Å². The van der Waals surface area contributed by atoms with Crippen molar-refractivity contribution in [3.63, 3.8) is 0 Å². The lowest BCUT2D eigenvalue weighted by atomic mass is 9.87. The number of nitrogens with zero attached hydrogens (tertiary/aromatic N) is 1. The van der Waals surface area contributed by atoms with E-state index >= 15 is 0 Å². The van der Waals surface area contributed by atoms with Gasteiger partial charge >= 0.3 is 0 Å². The highest BCUT2D eigenvalue weighted by atomic mass is 16.5. The Morgan fingerprint density at radius 3 is 2.73 bits per heavy atom. The molecule has 0 radical (unpaired) electrons. The second-order valence-corrected chi connectivity index (χ2v) is 5.51. The van der Waals surface area contributed by atoms with Gasteiger partial charge in [0.1, 0.15) is 0 Å². The number of rotatable bonds is 5.